The summed E-state index contributed by atoms with van der Waals surface area (Å²) >= 11 is 7.12. The third-order valence-corrected chi connectivity index (χ3v) is 7.86. The van der Waals surface area contributed by atoms with Crippen LogP contribution in [0.5, 0.6) is 5.75 Å². The standard InChI is InChI=1S/C30H24ClN5O4S/c1-2-3-15-40-21-13-11-18(12-14-21)27-33-30-36(34-27)29(39)26(41-30)25-22-9-4-5-10-23(22)35(28(25)38)17-24(37)32-20-8-6-7-19(31)16-20/h4-14,16H,2-3,15,17H2,1H3,(H,32,37). The molecule has 0 radical (unpaired) electrons. The number of benzene rings is 3. The molecule has 6 rings (SSSR count). The summed E-state index contributed by atoms with van der Waals surface area (Å²) in [7, 11) is 0. The Kier molecular flexibility index (Phi) is 7.25. The van der Waals surface area contributed by atoms with E-state index in [1.165, 1.54) is 9.42 Å². The maximum atomic E-state index is 13.7. The number of hydrogen-bond donors (Lipinski definition) is 1. The fourth-order valence-electron chi connectivity index (χ4n) is 4.61. The lowest BCUT2D eigenvalue weighted by Crippen LogP contribution is -2.37. The number of anilines is 2. The second-order valence-electron chi connectivity index (χ2n) is 9.43. The molecule has 1 N–H and O–H groups in total. The number of nitrogens with one attached hydrogen (secondary N) is 1. The van der Waals surface area contributed by atoms with Crippen LogP contribution in [0.25, 0.3) is 21.9 Å². The van der Waals surface area contributed by atoms with Crippen molar-refractivity contribution in [2.75, 3.05) is 23.4 Å². The summed E-state index contributed by atoms with van der Waals surface area (Å²) in [5, 5.41) is 7.68. The number of unbranched alkanes of at least 4 members (excludes halogenated alkanes) is 1. The van der Waals surface area contributed by atoms with E-state index in [9.17, 15) is 14.4 Å². The van der Waals surface area contributed by atoms with Crippen LogP contribution >= 0.6 is 22.9 Å². The first kappa shape index (κ1) is 26.7. The number of para-hydroxylation sites is 1. The molecule has 3 heterocycles. The van der Waals surface area contributed by atoms with E-state index in [2.05, 4.69) is 22.3 Å². The largest absolute Gasteiger partial charge is 0.494 e. The Morgan fingerprint density at radius 1 is 1.05 bits per heavy atom. The maximum absolute atomic E-state index is 13.7. The molecule has 11 heteroatoms. The van der Waals surface area contributed by atoms with E-state index in [0.717, 1.165) is 35.5 Å². The molecule has 0 saturated heterocycles. The second-order valence-corrected chi connectivity index (χ2v) is 10.8. The van der Waals surface area contributed by atoms with E-state index in [1.807, 2.05) is 24.3 Å². The highest BCUT2D eigenvalue weighted by molar-refractivity contribution is 7.15. The number of hydrogen-bond acceptors (Lipinski definition) is 7. The van der Waals surface area contributed by atoms with Crippen LogP contribution in [-0.4, -0.2) is 39.6 Å². The summed E-state index contributed by atoms with van der Waals surface area (Å²) < 4.78 is 7.16. The van der Waals surface area contributed by atoms with Crippen molar-refractivity contribution in [1.82, 2.24) is 14.6 Å². The van der Waals surface area contributed by atoms with Crippen LogP contribution in [0.4, 0.5) is 11.4 Å². The highest BCUT2D eigenvalue weighted by Crippen LogP contribution is 2.35. The minimum absolute atomic E-state index is 0.224. The Labute approximate surface area is 243 Å². The zero-order valence-electron chi connectivity index (χ0n) is 22.0. The lowest BCUT2D eigenvalue weighted by atomic mass is 10.1. The Hall–Kier alpha value is -4.54. The number of amides is 2. The molecule has 3 aromatic carbocycles. The second kappa shape index (κ2) is 11.1. The average molecular weight is 586 g/mol. The molecule has 2 amide bonds. The van der Waals surface area contributed by atoms with Crippen LogP contribution in [0, 0.1) is 0 Å². The van der Waals surface area contributed by atoms with Gasteiger partial charge < -0.3 is 10.1 Å². The van der Waals surface area contributed by atoms with Crippen LogP contribution in [0.2, 0.25) is 5.02 Å². The fraction of sp³-hybridized carbons (Fsp3) is 0.167. The molecule has 5 aromatic rings. The smallest absolute Gasteiger partial charge is 0.291 e. The number of ether oxygens (including phenoxy) is 1. The van der Waals surface area contributed by atoms with Gasteiger partial charge in [0.25, 0.3) is 11.5 Å². The van der Waals surface area contributed by atoms with Gasteiger partial charge in [-0.2, -0.15) is 9.50 Å². The van der Waals surface area contributed by atoms with Gasteiger partial charge in [-0.25, -0.2) is 0 Å². The van der Waals surface area contributed by atoms with Crippen molar-refractivity contribution in [3.05, 3.63) is 98.3 Å². The number of aromatic nitrogens is 3. The van der Waals surface area contributed by atoms with Gasteiger partial charge in [-0.1, -0.05) is 60.5 Å². The van der Waals surface area contributed by atoms with Crippen LogP contribution in [-0.2, 0) is 9.59 Å². The molecule has 0 spiro atoms. The van der Waals surface area contributed by atoms with E-state index < -0.39 is 17.4 Å². The summed E-state index contributed by atoms with van der Waals surface area (Å²) in [6.45, 7) is 2.53. The SMILES string of the molecule is CCCCOc1ccc(-c2nc3sc(=C4C(=O)N(CC(=O)Nc5cccc(Cl)c5)c5ccccc54)c(=O)n3n2)cc1. The molecular weight excluding hydrogens is 562 g/mol. The van der Waals surface area contributed by atoms with E-state index in [1.54, 1.807) is 48.5 Å². The molecule has 1 aliphatic heterocycles. The Bertz CT molecular complexity index is 1900. The molecule has 0 bridgehead atoms. The number of fused-ring (bicyclic) bond motifs is 2. The lowest BCUT2D eigenvalue weighted by molar-refractivity contribution is -0.118. The molecule has 0 unspecified atom stereocenters. The van der Waals surface area contributed by atoms with E-state index in [4.69, 9.17) is 16.3 Å². The van der Waals surface area contributed by atoms with Gasteiger partial charge in [0.1, 0.15) is 16.8 Å². The summed E-state index contributed by atoms with van der Waals surface area (Å²) in [4.78, 5) is 46.3. The monoisotopic (exact) mass is 585 g/mol. The molecule has 2 aromatic heterocycles. The third kappa shape index (κ3) is 5.19. The zero-order valence-corrected chi connectivity index (χ0v) is 23.5. The topological polar surface area (TPSA) is 106 Å². The average Bonchev–Trinajstić information content (AvgIpc) is 3.60. The normalized spacial score (nSPS) is 14.0. The predicted molar refractivity (Wildman–Crippen MR) is 160 cm³/mol. The molecular formula is C30H24ClN5O4S. The Balaban J connectivity index is 1.31. The van der Waals surface area contributed by atoms with Gasteiger partial charge in [0.2, 0.25) is 10.9 Å². The lowest BCUT2D eigenvalue weighted by Gasteiger charge is -2.16. The first-order chi connectivity index (χ1) is 19.9. The van der Waals surface area contributed by atoms with Gasteiger partial charge in [0.15, 0.2) is 5.82 Å². The van der Waals surface area contributed by atoms with Crippen molar-refractivity contribution < 1.29 is 14.3 Å². The molecule has 0 saturated carbocycles. The van der Waals surface area contributed by atoms with E-state index in [0.29, 0.717) is 39.4 Å². The van der Waals surface area contributed by atoms with Crippen molar-refractivity contribution in [3.63, 3.8) is 0 Å². The van der Waals surface area contributed by atoms with Gasteiger partial charge in [0.05, 0.1) is 17.9 Å². The van der Waals surface area contributed by atoms with Crippen molar-refractivity contribution >= 4 is 56.7 Å². The first-order valence-electron chi connectivity index (χ1n) is 13.1. The van der Waals surface area contributed by atoms with Gasteiger partial charge in [-0.15, -0.1) is 5.10 Å². The Morgan fingerprint density at radius 2 is 1.85 bits per heavy atom. The molecule has 0 aliphatic carbocycles. The summed E-state index contributed by atoms with van der Waals surface area (Å²) in [5.41, 5.74) is 2.19. The van der Waals surface area contributed by atoms with E-state index >= 15 is 0 Å². The van der Waals surface area contributed by atoms with Crippen molar-refractivity contribution in [2.45, 2.75) is 19.8 Å². The third-order valence-electron chi connectivity index (χ3n) is 6.60. The minimum atomic E-state index is -0.438. The van der Waals surface area contributed by atoms with E-state index in [-0.39, 0.29) is 16.7 Å². The summed E-state index contributed by atoms with van der Waals surface area (Å²) in [5.74, 6) is 0.333. The predicted octanol–water partition coefficient (Wildman–Crippen LogP) is 4.55. The number of carbonyl (C=O) groups excluding carboxylic acids is 2. The van der Waals surface area contributed by atoms with Gasteiger partial charge in [0, 0.05) is 21.8 Å². The quantitative estimate of drug-likeness (QED) is 0.268. The van der Waals surface area contributed by atoms with Crippen molar-refractivity contribution in [1.29, 1.82) is 0 Å². The highest BCUT2D eigenvalue weighted by atomic mass is 35.5. The van der Waals surface area contributed by atoms with Crippen molar-refractivity contribution in [3.8, 4) is 17.1 Å². The Morgan fingerprint density at radius 3 is 2.61 bits per heavy atom. The highest BCUT2D eigenvalue weighted by Gasteiger charge is 2.35. The van der Waals surface area contributed by atoms with Crippen LogP contribution in [0.15, 0.2) is 77.6 Å². The molecule has 206 valence electrons. The van der Waals surface area contributed by atoms with Gasteiger partial charge in [-0.05, 0) is 55.0 Å². The summed E-state index contributed by atoms with van der Waals surface area (Å²) in [6, 6.07) is 21.3. The van der Waals surface area contributed by atoms with Gasteiger partial charge >= 0.3 is 0 Å². The molecule has 1 aliphatic rings. The van der Waals surface area contributed by atoms with Crippen LogP contribution < -0.4 is 25.0 Å². The number of halogens is 1. The molecule has 41 heavy (non-hydrogen) atoms. The van der Waals surface area contributed by atoms with Crippen molar-refractivity contribution in [2.24, 2.45) is 0 Å². The summed E-state index contributed by atoms with van der Waals surface area (Å²) in [6.07, 6.45) is 2.04. The fourth-order valence-corrected chi connectivity index (χ4v) is 5.80. The molecule has 0 fully saturated rings. The minimum Gasteiger partial charge on any atom is -0.494 e. The van der Waals surface area contributed by atoms with Crippen LogP contribution in [0.1, 0.15) is 25.3 Å². The number of rotatable bonds is 8. The molecule has 0 atom stereocenters. The number of thiazole rings is 1. The zero-order chi connectivity index (χ0) is 28.5. The maximum Gasteiger partial charge on any atom is 0.291 e. The van der Waals surface area contributed by atoms with Crippen LogP contribution in [0.3, 0.4) is 0 Å². The molecule has 9 nitrogen and oxygen atoms in total. The first-order valence-corrected chi connectivity index (χ1v) is 14.3. The number of nitrogens with zero attached hydrogens (tertiary/aromatic N) is 4. The van der Waals surface area contributed by atoms with Gasteiger partial charge in [-0.3, -0.25) is 19.3 Å². The number of carbonyl (C=O) groups is 2.